The molecule has 0 aliphatic heterocycles. The van der Waals surface area contributed by atoms with Gasteiger partial charge in [-0.25, -0.2) is 0 Å². The molecule has 8 heteroatoms. The Morgan fingerprint density at radius 1 is 1.17 bits per heavy atom. The minimum atomic E-state index is -4.40. The van der Waals surface area contributed by atoms with Crippen molar-refractivity contribution in [3.05, 3.63) is 11.5 Å². The van der Waals surface area contributed by atoms with Crippen LogP contribution in [0.2, 0.25) is 0 Å². The molecule has 0 spiro atoms. The maximum Gasteiger partial charge on any atom is 0.290 e. The Morgan fingerprint density at radius 3 is 1.83 bits per heavy atom. The van der Waals surface area contributed by atoms with Crippen LogP contribution in [0.4, 0.5) is 0 Å². The van der Waals surface area contributed by atoms with Crippen LogP contribution in [0, 0.1) is 0 Å². The van der Waals surface area contributed by atoms with Crippen molar-refractivity contribution in [1.29, 1.82) is 0 Å². The molecule has 0 unspecified atom stereocenters. The Hall–Kier alpha value is -0.440. The van der Waals surface area contributed by atoms with E-state index in [2.05, 4.69) is 6.58 Å². The first-order valence-corrected chi connectivity index (χ1v) is 5.78. The smallest absolute Gasteiger partial charge is 0.286 e. The van der Waals surface area contributed by atoms with Crippen molar-refractivity contribution in [2.75, 3.05) is 5.75 Å². The lowest BCUT2D eigenvalue weighted by Crippen LogP contribution is -2.08. The fraction of sp³-hybridized carbons (Fsp3) is 0.500. The van der Waals surface area contributed by atoms with Crippen molar-refractivity contribution >= 4 is 20.2 Å². The SMILES string of the molecule is C=C(CCS(=O)(=O)O)S(=O)(=O)O. The van der Waals surface area contributed by atoms with Gasteiger partial charge in [0, 0.05) is 6.42 Å². The molecule has 0 rings (SSSR count). The summed E-state index contributed by atoms with van der Waals surface area (Å²) in [6, 6.07) is 0. The molecule has 72 valence electrons. The van der Waals surface area contributed by atoms with E-state index in [1.54, 1.807) is 0 Å². The van der Waals surface area contributed by atoms with E-state index < -0.39 is 37.3 Å². The predicted molar refractivity (Wildman–Crippen MR) is 41.7 cm³/mol. The largest absolute Gasteiger partial charge is 0.290 e. The molecule has 0 aliphatic rings. The monoisotopic (exact) mass is 216 g/mol. The summed E-state index contributed by atoms with van der Waals surface area (Å²) in [5.74, 6) is -0.772. The topological polar surface area (TPSA) is 109 Å². The van der Waals surface area contributed by atoms with Crippen LogP contribution in [0.15, 0.2) is 11.5 Å². The fourth-order valence-electron chi connectivity index (χ4n) is 0.372. The van der Waals surface area contributed by atoms with Gasteiger partial charge in [0.15, 0.2) is 0 Å². The Labute approximate surface area is 70.4 Å². The highest BCUT2D eigenvalue weighted by atomic mass is 32.2. The molecule has 0 heterocycles. The lowest BCUT2D eigenvalue weighted by atomic mass is 10.5. The highest BCUT2D eigenvalue weighted by Crippen LogP contribution is 2.06. The standard InChI is InChI=1S/C4H8O6S2/c1-4(12(8,9)10)2-3-11(5,6)7/h1-3H2,(H,5,6,7)(H,8,9,10). The Morgan fingerprint density at radius 2 is 1.58 bits per heavy atom. The van der Waals surface area contributed by atoms with Crippen LogP contribution in [0.25, 0.3) is 0 Å². The van der Waals surface area contributed by atoms with Crippen LogP contribution < -0.4 is 0 Å². The van der Waals surface area contributed by atoms with Gasteiger partial charge in [0.1, 0.15) is 0 Å². The van der Waals surface area contributed by atoms with Crippen molar-refractivity contribution in [2.24, 2.45) is 0 Å². The third kappa shape index (κ3) is 5.24. The van der Waals surface area contributed by atoms with Crippen LogP contribution in [0.5, 0.6) is 0 Å². The second-order valence-corrected chi connectivity index (χ2v) is 5.15. The van der Waals surface area contributed by atoms with Crippen molar-refractivity contribution in [1.82, 2.24) is 0 Å². The summed E-state index contributed by atoms with van der Waals surface area (Å²) in [6.07, 6.45) is -0.516. The maximum absolute atomic E-state index is 10.2. The number of allylic oxidation sites excluding steroid dienone is 1. The van der Waals surface area contributed by atoms with Crippen LogP contribution in [-0.4, -0.2) is 31.7 Å². The summed E-state index contributed by atoms with van der Waals surface area (Å²) in [5.41, 5.74) is 0. The molecule has 0 aliphatic carbocycles. The van der Waals surface area contributed by atoms with Gasteiger partial charge >= 0.3 is 0 Å². The highest BCUT2D eigenvalue weighted by molar-refractivity contribution is 7.90. The zero-order valence-corrected chi connectivity index (χ0v) is 7.60. The first kappa shape index (κ1) is 11.6. The zero-order valence-electron chi connectivity index (χ0n) is 5.97. The first-order valence-electron chi connectivity index (χ1n) is 2.73. The third-order valence-electron chi connectivity index (χ3n) is 1.00. The Bertz CT molecular complexity index is 360. The van der Waals surface area contributed by atoms with Gasteiger partial charge < -0.3 is 0 Å². The second-order valence-electron chi connectivity index (χ2n) is 2.05. The molecular weight excluding hydrogens is 208 g/mol. The molecule has 0 saturated carbocycles. The lowest BCUT2D eigenvalue weighted by molar-refractivity contribution is 0.481. The van der Waals surface area contributed by atoms with Gasteiger partial charge in [-0.1, -0.05) is 6.58 Å². The van der Waals surface area contributed by atoms with Crippen molar-refractivity contribution in [3.8, 4) is 0 Å². The quantitative estimate of drug-likeness (QED) is 0.622. The Balaban J connectivity index is 4.27. The second kappa shape index (κ2) is 3.52. The van der Waals surface area contributed by atoms with Gasteiger partial charge in [-0.3, -0.25) is 9.11 Å². The summed E-state index contributed by atoms with van der Waals surface area (Å²) in [5, 5.41) is 0. The van der Waals surface area contributed by atoms with E-state index in [9.17, 15) is 16.8 Å². The molecule has 0 saturated heterocycles. The molecule has 0 radical (unpaired) electrons. The summed E-state index contributed by atoms with van der Waals surface area (Å²) < 4.78 is 57.1. The van der Waals surface area contributed by atoms with Gasteiger partial charge in [-0.15, -0.1) is 0 Å². The fourth-order valence-corrected chi connectivity index (χ4v) is 1.37. The van der Waals surface area contributed by atoms with Crippen molar-refractivity contribution in [2.45, 2.75) is 6.42 Å². The number of hydrogen-bond acceptors (Lipinski definition) is 4. The molecule has 0 aromatic heterocycles. The molecule has 0 aromatic carbocycles. The zero-order chi connectivity index (χ0) is 9.99. The first-order chi connectivity index (χ1) is 5.13. The van der Waals surface area contributed by atoms with E-state index in [0.717, 1.165) is 0 Å². The molecule has 0 aromatic rings. The highest BCUT2D eigenvalue weighted by Gasteiger charge is 2.14. The summed E-state index contributed by atoms with van der Waals surface area (Å²) in [7, 11) is -8.61. The van der Waals surface area contributed by atoms with Gasteiger partial charge in [0.05, 0.1) is 10.7 Å². The molecular formula is C4H8O6S2. The van der Waals surface area contributed by atoms with E-state index in [0.29, 0.717) is 0 Å². The number of hydrogen-bond donors (Lipinski definition) is 2. The predicted octanol–water partition coefficient (Wildman–Crippen LogP) is -0.334. The molecule has 2 N–H and O–H groups in total. The van der Waals surface area contributed by atoms with Crippen LogP contribution in [0.1, 0.15) is 6.42 Å². The van der Waals surface area contributed by atoms with Crippen molar-refractivity contribution < 1.29 is 25.9 Å². The number of rotatable bonds is 4. The molecule has 6 nitrogen and oxygen atoms in total. The van der Waals surface area contributed by atoms with E-state index in [1.807, 2.05) is 0 Å². The molecule has 0 atom stereocenters. The lowest BCUT2D eigenvalue weighted by Gasteiger charge is -1.98. The average Bonchev–Trinajstić information content (AvgIpc) is 1.78. The molecule has 0 bridgehead atoms. The molecule has 0 amide bonds. The van der Waals surface area contributed by atoms with E-state index >= 15 is 0 Å². The summed E-state index contributed by atoms with van der Waals surface area (Å²) in [4.78, 5) is -0.639. The van der Waals surface area contributed by atoms with Gasteiger partial charge in [-0.05, 0) is 0 Å². The van der Waals surface area contributed by atoms with Gasteiger partial charge in [-0.2, -0.15) is 16.8 Å². The molecule has 12 heavy (non-hydrogen) atoms. The van der Waals surface area contributed by atoms with E-state index in [4.69, 9.17) is 9.11 Å². The van der Waals surface area contributed by atoms with Crippen LogP contribution in [0.3, 0.4) is 0 Å². The summed E-state index contributed by atoms with van der Waals surface area (Å²) >= 11 is 0. The maximum atomic E-state index is 10.2. The van der Waals surface area contributed by atoms with Gasteiger partial charge in [0.25, 0.3) is 20.2 Å². The average molecular weight is 216 g/mol. The third-order valence-corrected chi connectivity index (χ3v) is 2.66. The van der Waals surface area contributed by atoms with Gasteiger partial charge in [0.2, 0.25) is 0 Å². The van der Waals surface area contributed by atoms with E-state index in [1.165, 1.54) is 0 Å². The minimum absolute atomic E-state index is 0.516. The van der Waals surface area contributed by atoms with Crippen LogP contribution >= 0.6 is 0 Å². The van der Waals surface area contributed by atoms with Crippen LogP contribution in [-0.2, 0) is 20.2 Å². The van der Waals surface area contributed by atoms with Crippen molar-refractivity contribution in [3.63, 3.8) is 0 Å². The Kier molecular flexibility index (Phi) is 3.39. The summed E-state index contributed by atoms with van der Waals surface area (Å²) in [6.45, 7) is 2.92. The van der Waals surface area contributed by atoms with E-state index in [-0.39, 0.29) is 0 Å². The normalized spacial score (nSPS) is 12.8. The molecule has 0 fully saturated rings. The minimum Gasteiger partial charge on any atom is -0.286 e.